The number of hydrogen-bond donors (Lipinski definition) is 2. The average molecular weight is 260 g/mol. The van der Waals surface area contributed by atoms with Gasteiger partial charge < -0.3 is 11.1 Å². The molecule has 2 aliphatic rings. The number of hydrogen-bond acceptors (Lipinski definition) is 4. The molecule has 19 heavy (non-hydrogen) atoms. The first-order valence-corrected chi connectivity index (χ1v) is 7.69. The Morgan fingerprint density at radius 3 is 2.63 bits per heavy atom. The SMILES string of the molecule is NCCCNc1cnc(C2CC2)nc1C1CCCC1. The summed E-state index contributed by atoms with van der Waals surface area (Å²) in [6.07, 6.45) is 10.8. The van der Waals surface area contributed by atoms with Crippen LogP contribution in [0.2, 0.25) is 0 Å². The van der Waals surface area contributed by atoms with E-state index < -0.39 is 0 Å². The maximum atomic E-state index is 5.55. The summed E-state index contributed by atoms with van der Waals surface area (Å²) in [5.74, 6) is 2.35. The van der Waals surface area contributed by atoms with Gasteiger partial charge in [-0.3, -0.25) is 0 Å². The third-order valence-corrected chi connectivity index (χ3v) is 4.22. The molecule has 0 radical (unpaired) electrons. The van der Waals surface area contributed by atoms with Gasteiger partial charge in [-0.05, 0) is 38.6 Å². The van der Waals surface area contributed by atoms with Crippen LogP contribution in [0.5, 0.6) is 0 Å². The second-order valence-corrected chi connectivity index (χ2v) is 5.85. The molecule has 1 aromatic rings. The Kier molecular flexibility index (Phi) is 3.97. The first-order chi connectivity index (χ1) is 9.38. The van der Waals surface area contributed by atoms with Crippen LogP contribution < -0.4 is 11.1 Å². The van der Waals surface area contributed by atoms with Crippen molar-refractivity contribution in [3.8, 4) is 0 Å². The van der Waals surface area contributed by atoms with E-state index >= 15 is 0 Å². The molecule has 4 nitrogen and oxygen atoms in total. The van der Waals surface area contributed by atoms with Crippen molar-refractivity contribution in [3.05, 3.63) is 17.7 Å². The van der Waals surface area contributed by atoms with Crippen LogP contribution in [0, 0.1) is 0 Å². The van der Waals surface area contributed by atoms with Gasteiger partial charge in [0.25, 0.3) is 0 Å². The van der Waals surface area contributed by atoms with Crippen molar-refractivity contribution < 1.29 is 0 Å². The monoisotopic (exact) mass is 260 g/mol. The fourth-order valence-electron chi connectivity index (χ4n) is 2.92. The molecule has 2 aliphatic carbocycles. The van der Waals surface area contributed by atoms with Gasteiger partial charge >= 0.3 is 0 Å². The van der Waals surface area contributed by atoms with Crippen LogP contribution in [0.1, 0.15) is 68.3 Å². The molecule has 1 aromatic heterocycles. The van der Waals surface area contributed by atoms with Gasteiger partial charge in [0.2, 0.25) is 0 Å². The van der Waals surface area contributed by atoms with Crippen molar-refractivity contribution in [1.29, 1.82) is 0 Å². The first kappa shape index (κ1) is 12.9. The molecule has 2 saturated carbocycles. The summed E-state index contributed by atoms with van der Waals surface area (Å²) in [5, 5.41) is 3.47. The molecule has 0 saturated heterocycles. The minimum Gasteiger partial charge on any atom is -0.382 e. The molecule has 0 aromatic carbocycles. The van der Waals surface area contributed by atoms with E-state index in [1.807, 2.05) is 6.20 Å². The molecule has 0 unspecified atom stereocenters. The maximum absolute atomic E-state index is 5.55. The zero-order chi connectivity index (χ0) is 13.1. The van der Waals surface area contributed by atoms with Gasteiger partial charge in [0.05, 0.1) is 17.6 Å². The van der Waals surface area contributed by atoms with E-state index in [4.69, 9.17) is 10.7 Å². The van der Waals surface area contributed by atoms with Crippen LogP contribution in [-0.2, 0) is 0 Å². The van der Waals surface area contributed by atoms with Crippen LogP contribution >= 0.6 is 0 Å². The summed E-state index contributed by atoms with van der Waals surface area (Å²) < 4.78 is 0. The van der Waals surface area contributed by atoms with E-state index in [-0.39, 0.29) is 0 Å². The van der Waals surface area contributed by atoms with Crippen molar-refractivity contribution in [2.24, 2.45) is 5.73 Å². The Bertz CT molecular complexity index is 422. The predicted molar refractivity (Wildman–Crippen MR) is 77.4 cm³/mol. The van der Waals surface area contributed by atoms with E-state index in [9.17, 15) is 0 Å². The summed E-state index contributed by atoms with van der Waals surface area (Å²) >= 11 is 0. The summed E-state index contributed by atoms with van der Waals surface area (Å²) in [6.45, 7) is 1.65. The number of anilines is 1. The molecule has 3 rings (SSSR count). The van der Waals surface area contributed by atoms with E-state index in [2.05, 4.69) is 10.3 Å². The van der Waals surface area contributed by atoms with Crippen LogP contribution in [0.4, 0.5) is 5.69 Å². The van der Waals surface area contributed by atoms with Gasteiger partial charge in [0.1, 0.15) is 5.82 Å². The topological polar surface area (TPSA) is 63.8 Å². The van der Waals surface area contributed by atoms with Gasteiger partial charge in [-0.15, -0.1) is 0 Å². The van der Waals surface area contributed by atoms with Crippen LogP contribution in [0.3, 0.4) is 0 Å². The lowest BCUT2D eigenvalue weighted by Gasteiger charge is -2.16. The van der Waals surface area contributed by atoms with Crippen LogP contribution in [0.15, 0.2) is 6.20 Å². The third-order valence-electron chi connectivity index (χ3n) is 4.22. The lowest BCUT2D eigenvalue weighted by molar-refractivity contribution is 0.684. The van der Waals surface area contributed by atoms with Crippen molar-refractivity contribution in [1.82, 2.24) is 9.97 Å². The highest BCUT2D eigenvalue weighted by atomic mass is 15.0. The lowest BCUT2D eigenvalue weighted by atomic mass is 10.0. The molecule has 0 spiro atoms. The van der Waals surface area contributed by atoms with Crippen molar-refractivity contribution in [2.75, 3.05) is 18.4 Å². The summed E-state index contributed by atoms with van der Waals surface area (Å²) in [6, 6.07) is 0. The quantitative estimate of drug-likeness (QED) is 0.772. The number of nitrogens with zero attached hydrogens (tertiary/aromatic N) is 2. The van der Waals surface area contributed by atoms with Gasteiger partial charge in [-0.25, -0.2) is 9.97 Å². The highest BCUT2D eigenvalue weighted by Crippen LogP contribution is 2.41. The maximum Gasteiger partial charge on any atom is 0.131 e. The number of nitrogens with two attached hydrogens (primary N) is 1. The molecule has 4 heteroatoms. The van der Waals surface area contributed by atoms with Crippen LogP contribution in [0.25, 0.3) is 0 Å². The summed E-state index contributed by atoms with van der Waals surface area (Å²) in [5.41, 5.74) is 7.97. The van der Waals surface area contributed by atoms with E-state index in [1.54, 1.807) is 0 Å². The molecule has 1 heterocycles. The highest BCUT2D eigenvalue weighted by Gasteiger charge is 2.29. The summed E-state index contributed by atoms with van der Waals surface area (Å²) in [4.78, 5) is 9.44. The molecule has 0 bridgehead atoms. The van der Waals surface area contributed by atoms with E-state index in [0.29, 0.717) is 11.8 Å². The zero-order valence-corrected chi connectivity index (χ0v) is 11.6. The van der Waals surface area contributed by atoms with Gasteiger partial charge in [0, 0.05) is 18.4 Å². The smallest absolute Gasteiger partial charge is 0.131 e. The second-order valence-electron chi connectivity index (χ2n) is 5.85. The Morgan fingerprint density at radius 2 is 1.95 bits per heavy atom. The fraction of sp³-hybridized carbons (Fsp3) is 0.733. The van der Waals surface area contributed by atoms with E-state index in [1.165, 1.54) is 44.2 Å². The largest absolute Gasteiger partial charge is 0.382 e. The molecule has 0 aliphatic heterocycles. The second kappa shape index (κ2) is 5.87. The molecule has 0 atom stereocenters. The lowest BCUT2D eigenvalue weighted by Crippen LogP contribution is -2.13. The minimum absolute atomic E-state index is 0.637. The van der Waals surface area contributed by atoms with Gasteiger partial charge in [-0.1, -0.05) is 12.8 Å². The Labute approximate surface area is 115 Å². The van der Waals surface area contributed by atoms with Crippen molar-refractivity contribution in [2.45, 2.75) is 56.8 Å². The van der Waals surface area contributed by atoms with Crippen LogP contribution in [-0.4, -0.2) is 23.1 Å². The third kappa shape index (κ3) is 3.06. The molecular weight excluding hydrogens is 236 g/mol. The minimum atomic E-state index is 0.637. The standard InChI is InChI=1S/C15H24N4/c16-8-3-9-17-13-10-18-15(12-6-7-12)19-14(13)11-4-1-2-5-11/h10-12,17H,1-9,16H2. The van der Waals surface area contributed by atoms with Crippen molar-refractivity contribution >= 4 is 5.69 Å². The van der Waals surface area contributed by atoms with Crippen molar-refractivity contribution in [3.63, 3.8) is 0 Å². The normalized spacial score (nSPS) is 19.8. The Morgan fingerprint density at radius 1 is 1.16 bits per heavy atom. The number of aromatic nitrogens is 2. The fourth-order valence-corrected chi connectivity index (χ4v) is 2.92. The first-order valence-electron chi connectivity index (χ1n) is 7.69. The predicted octanol–water partition coefficient (Wildman–Crippen LogP) is 2.77. The molecular formula is C15H24N4. The highest BCUT2D eigenvalue weighted by molar-refractivity contribution is 5.48. The summed E-state index contributed by atoms with van der Waals surface area (Å²) in [7, 11) is 0. The number of rotatable bonds is 6. The molecule has 0 amide bonds. The zero-order valence-electron chi connectivity index (χ0n) is 11.6. The Balaban J connectivity index is 1.79. The van der Waals surface area contributed by atoms with Gasteiger partial charge in [-0.2, -0.15) is 0 Å². The van der Waals surface area contributed by atoms with E-state index in [0.717, 1.165) is 31.0 Å². The number of nitrogens with one attached hydrogen (secondary N) is 1. The molecule has 3 N–H and O–H groups in total. The average Bonchev–Trinajstić information content (AvgIpc) is 3.14. The molecule has 2 fully saturated rings. The van der Waals surface area contributed by atoms with Gasteiger partial charge in [0.15, 0.2) is 0 Å². The molecule has 104 valence electrons. The Hall–Kier alpha value is -1.16.